The molecule has 0 aliphatic rings. The van der Waals surface area contributed by atoms with Gasteiger partial charge in [0.1, 0.15) is 0 Å². The lowest BCUT2D eigenvalue weighted by atomic mass is 10.2. The van der Waals surface area contributed by atoms with Gasteiger partial charge in [-0.3, -0.25) is 10.1 Å². The SMILES string of the molecule is C#CCNCC(=O)Nc1ccc(C#N)cc1. The molecular weight excluding hydrogens is 202 g/mol. The highest BCUT2D eigenvalue weighted by atomic mass is 16.1. The Balaban J connectivity index is 2.45. The van der Waals surface area contributed by atoms with E-state index in [2.05, 4.69) is 16.6 Å². The average Bonchev–Trinajstić information content (AvgIpc) is 2.30. The number of anilines is 1. The van der Waals surface area contributed by atoms with Crippen molar-refractivity contribution >= 4 is 11.6 Å². The van der Waals surface area contributed by atoms with E-state index in [0.717, 1.165) is 0 Å². The first-order valence-corrected chi connectivity index (χ1v) is 4.70. The number of hydrogen-bond acceptors (Lipinski definition) is 3. The van der Waals surface area contributed by atoms with Gasteiger partial charge in [0.2, 0.25) is 5.91 Å². The van der Waals surface area contributed by atoms with Crippen LogP contribution < -0.4 is 10.6 Å². The highest BCUT2D eigenvalue weighted by Gasteiger charge is 2.00. The first-order chi connectivity index (χ1) is 7.76. The minimum Gasteiger partial charge on any atom is -0.325 e. The number of nitrogens with zero attached hydrogens (tertiary/aromatic N) is 1. The molecule has 80 valence electrons. The quantitative estimate of drug-likeness (QED) is 0.572. The Morgan fingerprint density at radius 1 is 1.38 bits per heavy atom. The summed E-state index contributed by atoms with van der Waals surface area (Å²) in [7, 11) is 0. The molecule has 0 atom stereocenters. The Morgan fingerprint density at radius 3 is 2.62 bits per heavy atom. The normalized spacial score (nSPS) is 8.88. The van der Waals surface area contributed by atoms with Crippen molar-refractivity contribution in [3.8, 4) is 18.4 Å². The van der Waals surface area contributed by atoms with E-state index in [1.54, 1.807) is 24.3 Å². The molecule has 0 spiro atoms. The van der Waals surface area contributed by atoms with Gasteiger partial charge in [0.05, 0.1) is 24.7 Å². The number of nitriles is 1. The van der Waals surface area contributed by atoms with E-state index in [4.69, 9.17) is 11.7 Å². The number of nitrogens with one attached hydrogen (secondary N) is 2. The summed E-state index contributed by atoms with van der Waals surface area (Å²) in [5.74, 6) is 2.21. The number of carbonyl (C=O) groups is 1. The summed E-state index contributed by atoms with van der Waals surface area (Å²) < 4.78 is 0. The van der Waals surface area contributed by atoms with E-state index < -0.39 is 0 Å². The maximum atomic E-state index is 11.3. The van der Waals surface area contributed by atoms with Crippen molar-refractivity contribution in [2.75, 3.05) is 18.4 Å². The van der Waals surface area contributed by atoms with E-state index in [9.17, 15) is 4.79 Å². The van der Waals surface area contributed by atoms with Crippen LogP contribution in [0.3, 0.4) is 0 Å². The summed E-state index contributed by atoms with van der Waals surface area (Å²) in [6, 6.07) is 8.65. The predicted molar refractivity (Wildman–Crippen MR) is 61.5 cm³/mol. The molecule has 0 saturated heterocycles. The molecule has 16 heavy (non-hydrogen) atoms. The second-order valence-corrected chi connectivity index (χ2v) is 3.05. The number of hydrogen-bond donors (Lipinski definition) is 2. The van der Waals surface area contributed by atoms with Crippen molar-refractivity contribution in [1.29, 1.82) is 5.26 Å². The van der Waals surface area contributed by atoms with Crippen molar-refractivity contribution < 1.29 is 4.79 Å². The van der Waals surface area contributed by atoms with Crippen LogP contribution in [0.2, 0.25) is 0 Å². The zero-order chi connectivity index (χ0) is 11.8. The van der Waals surface area contributed by atoms with Crippen LogP contribution in [0, 0.1) is 23.7 Å². The third-order valence-electron chi connectivity index (χ3n) is 1.81. The number of rotatable bonds is 4. The zero-order valence-electron chi connectivity index (χ0n) is 8.66. The van der Waals surface area contributed by atoms with Crippen LogP contribution in [0.1, 0.15) is 5.56 Å². The van der Waals surface area contributed by atoms with E-state index in [1.807, 2.05) is 6.07 Å². The predicted octanol–water partition coefficient (Wildman–Crippen LogP) is 0.720. The number of amides is 1. The van der Waals surface area contributed by atoms with Gasteiger partial charge in [0.25, 0.3) is 0 Å². The van der Waals surface area contributed by atoms with Gasteiger partial charge in [-0.1, -0.05) is 5.92 Å². The van der Waals surface area contributed by atoms with Gasteiger partial charge in [-0.25, -0.2) is 0 Å². The van der Waals surface area contributed by atoms with Crippen molar-refractivity contribution in [2.24, 2.45) is 0 Å². The Kier molecular flexibility index (Phi) is 4.59. The first-order valence-electron chi connectivity index (χ1n) is 4.70. The molecule has 0 saturated carbocycles. The molecule has 0 aromatic heterocycles. The topological polar surface area (TPSA) is 64.9 Å². The smallest absolute Gasteiger partial charge is 0.238 e. The third kappa shape index (κ3) is 3.83. The monoisotopic (exact) mass is 213 g/mol. The molecule has 4 heteroatoms. The van der Waals surface area contributed by atoms with Gasteiger partial charge >= 0.3 is 0 Å². The minimum absolute atomic E-state index is 0.167. The van der Waals surface area contributed by atoms with Crippen molar-refractivity contribution in [3.63, 3.8) is 0 Å². The van der Waals surface area contributed by atoms with Crippen LogP contribution >= 0.6 is 0 Å². The fourth-order valence-corrected chi connectivity index (χ4v) is 1.08. The van der Waals surface area contributed by atoms with Gasteiger partial charge in [0.15, 0.2) is 0 Å². The second-order valence-electron chi connectivity index (χ2n) is 3.05. The highest BCUT2D eigenvalue weighted by Crippen LogP contribution is 2.08. The second kappa shape index (κ2) is 6.23. The molecule has 1 amide bonds. The van der Waals surface area contributed by atoms with E-state index in [0.29, 0.717) is 17.8 Å². The number of benzene rings is 1. The largest absolute Gasteiger partial charge is 0.325 e. The molecule has 1 rings (SSSR count). The zero-order valence-corrected chi connectivity index (χ0v) is 8.66. The van der Waals surface area contributed by atoms with E-state index in [1.165, 1.54) is 0 Å². The Labute approximate surface area is 94.3 Å². The van der Waals surface area contributed by atoms with Crippen LogP contribution in [0.25, 0.3) is 0 Å². The molecule has 2 N–H and O–H groups in total. The fraction of sp³-hybridized carbons (Fsp3) is 0.167. The molecule has 0 fully saturated rings. The van der Waals surface area contributed by atoms with Crippen LogP contribution in [0.5, 0.6) is 0 Å². The average molecular weight is 213 g/mol. The molecule has 0 radical (unpaired) electrons. The lowest BCUT2D eigenvalue weighted by Gasteiger charge is -2.04. The van der Waals surface area contributed by atoms with Crippen molar-refractivity contribution in [3.05, 3.63) is 29.8 Å². The lowest BCUT2D eigenvalue weighted by Crippen LogP contribution is -2.28. The Bertz CT molecular complexity index is 437. The molecule has 0 aliphatic carbocycles. The van der Waals surface area contributed by atoms with Gasteiger partial charge in [-0.15, -0.1) is 6.42 Å². The van der Waals surface area contributed by atoms with Crippen LogP contribution in [0.15, 0.2) is 24.3 Å². The fourth-order valence-electron chi connectivity index (χ4n) is 1.08. The summed E-state index contributed by atoms with van der Waals surface area (Å²) in [5.41, 5.74) is 1.22. The van der Waals surface area contributed by atoms with Crippen LogP contribution in [-0.2, 0) is 4.79 Å². The minimum atomic E-state index is -0.167. The van der Waals surface area contributed by atoms with Gasteiger partial charge in [-0.2, -0.15) is 5.26 Å². The summed E-state index contributed by atoms with van der Waals surface area (Å²) in [5, 5.41) is 14.0. The Hall–Kier alpha value is -2.30. The molecular formula is C12H11N3O. The number of terminal acetylenes is 1. The van der Waals surface area contributed by atoms with Crippen molar-refractivity contribution in [1.82, 2.24) is 5.32 Å². The number of carbonyl (C=O) groups excluding carboxylic acids is 1. The summed E-state index contributed by atoms with van der Waals surface area (Å²) in [6.45, 7) is 0.533. The molecule has 0 bridgehead atoms. The molecule has 0 aliphatic heterocycles. The molecule has 1 aromatic rings. The lowest BCUT2D eigenvalue weighted by molar-refractivity contribution is -0.115. The van der Waals surface area contributed by atoms with E-state index in [-0.39, 0.29) is 12.5 Å². The molecule has 4 nitrogen and oxygen atoms in total. The summed E-state index contributed by atoms with van der Waals surface area (Å²) in [4.78, 5) is 11.3. The van der Waals surface area contributed by atoms with Gasteiger partial charge < -0.3 is 5.32 Å². The third-order valence-corrected chi connectivity index (χ3v) is 1.81. The van der Waals surface area contributed by atoms with E-state index >= 15 is 0 Å². The first kappa shape index (κ1) is 11.8. The van der Waals surface area contributed by atoms with Gasteiger partial charge in [0, 0.05) is 5.69 Å². The van der Waals surface area contributed by atoms with Gasteiger partial charge in [-0.05, 0) is 24.3 Å². The molecule has 0 unspecified atom stereocenters. The van der Waals surface area contributed by atoms with Crippen LogP contribution in [0.4, 0.5) is 5.69 Å². The Morgan fingerprint density at radius 2 is 2.06 bits per heavy atom. The molecule has 0 heterocycles. The molecule has 1 aromatic carbocycles. The van der Waals surface area contributed by atoms with Crippen LogP contribution in [-0.4, -0.2) is 19.0 Å². The standard InChI is InChI=1S/C12H11N3O/c1-2-7-14-9-12(16)15-11-5-3-10(8-13)4-6-11/h1,3-6,14H,7,9H2,(H,15,16). The maximum Gasteiger partial charge on any atom is 0.238 e. The van der Waals surface area contributed by atoms with Crippen molar-refractivity contribution in [2.45, 2.75) is 0 Å². The maximum absolute atomic E-state index is 11.3. The summed E-state index contributed by atoms with van der Waals surface area (Å²) >= 11 is 0. The summed E-state index contributed by atoms with van der Waals surface area (Å²) in [6.07, 6.45) is 5.02. The highest BCUT2D eigenvalue weighted by molar-refractivity contribution is 5.92.